The molecule has 32 nitrogen and oxygen atoms in total. The fourth-order valence-corrected chi connectivity index (χ4v) is 17.7. The number of nitrogens with one attached hydrogen (secondary N) is 5. The first-order chi connectivity index (χ1) is 52.2. The van der Waals surface area contributed by atoms with Crippen molar-refractivity contribution in [1.29, 1.82) is 0 Å². The second kappa shape index (κ2) is 39.8. The van der Waals surface area contributed by atoms with Crippen LogP contribution in [0, 0.1) is 34.6 Å². The van der Waals surface area contributed by atoms with Crippen LogP contribution in [0.25, 0.3) is 0 Å². The average Bonchev–Trinajstić information content (AvgIpc) is 1.68. The molecule has 3 aromatic rings. The van der Waals surface area contributed by atoms with E-state index in [1.807, 2.05) is 61.5 Å². The number of pyridine rings is 1. The van der Waals surface area contributed by atoms with Crippen LogP contribution in [0.15, 0.2) is 34.1 Å². The van der Waals surface area contributed by atoms with Gasteiger partial charge >= 0.3 is 23.9 Å². The van der Waals surface area contributed by atoms with Gasteiger partial charge in [-0.25, -0.2) is 26.1 Å². The zero-order valence-corrected chi connectivity index (χ0v) is 72.0. The molecule has 0 aliphatic carbocycles. The van der Waals surface area contributed by atoms with Gasteiger partial charge in [-0.3, -0.25) is 62.5 Å². The number of amides is 4. The molecule has 2 atom stereocenters. The number of rotatable bonds is 33. The summed E-state index contributed by atoms with van der Waals surface area (Å²) in [5.74, 6) is -4.87. The van der Waals surface area contributed by atoms with E-state index in [1.54, 1.807) is 102 Å². The first-order valence-electron chi connectivity index (χ1n) is 38.6. The van der Waals surface area contributed by atoms with Crippen LogP contribution in [-0.4, -0.2) is 259 Å². The van der Waals surface area contributed by atoms with Crippen molar-refractivity contribution in [1.82, 2.24) is 50.6 Å². The molecule has 6 N–H and O–H groups in total. The van der Waals surface area contributed by atoms with Gasteiger partial charge in [0.15, 0.2) is 0 Å². The number of unbranched alkanes of at least 4 members (excludes halogenated alkanes) is 1. The van der Waals surface area contributed by atoms with Crippen LogP contribution < -0.4 is 39.8 Å². The Labute approximate surface area is 668 Å². The van der Waals surface area contributed by atoms with E-state index in [2.05, 4.69) is 26.0 Å². The van der Waals surface area contributed by atoms with Crippen molar-refractivity contribution in [2.75, 3.05) is 121 Å². The predicted octanol–water partition coefficient (Wildman–Crippen LogP) is 5.01. The monoisotopic (exact) mass is 1650 g/mol. The molecule has 3 aliphatic rings. The predicted molar refractivity (Wildman–Crippen MR) is 425 cm³/mol. The van der Waals surface area contributed by atoms with Gasteiger partial charge in [-0.15, -0.1) is 0 Å². The minimum absolute atomic E-state index is 0.00866. The first kappa shape index (κ1) is 94.2. The maximum absolute atomic E-state index is 14.7. The summed E-state index contributed by atoms with van der Waals surface area (Å²) in [5, 5.41) is 10.2. The van der Waals surface area contributed by atoms with Crippen molar-refractivity contribution >= 4 is 83.5 Å². The quantitative estimate of drug-likeness (QED) is 0.0202. The molecule has 3 aliphatic heterocycles. The smallest absolute Gasteiger partial charge is 0.326 e. The van der Waals surface area contributed by atoms with Crippen molar-refractivity contribution in [3.63, 3.8) is 0 Å². The fourth-order valence-electron chi connectivity index (χ4n) is 13.4. The Morgan fingerprint density at radius 3 is 1.57 bits per heavy atom. The number of carbonyl (C=O) groups is 8. The summed E-state index contributed by atoms with van der Waals surface area (Å²) in [6, 6.07) is 3.43. The van der Waals surface area contributed by atoms with Gasteiger partial charge in [0.2, 0.25) is 33.7 Å². The van der Waals surface area contributed by atoms with Crippen molar-refractivity contribution in [2.45, 2.75) is 239 Å². The molecular weight excluding hydrogens is 1520 g/mol. The molecule has 0 bridgehead atoms. The molecule has 2 aromatic carbocycles. The normalized spacial score (nSPS) is 16.5. The van der Waals surface area contributed by atoms with Crippen LogP contribution in [0.5, 0.6) is 11.5 Å². The van der Waals surface area contributed by atoms with Gasteiger partial charge in [-0.1, -0.05) is 6.07 Å². The highest BCUT2D eigenvalue weighted by atomic mass is 32.2. The van der Waals surface area contributed by atoms with Crippen molar-refractivity contribution in [2.24, 2.45) is 0 Å². The fraction of sp³-hybridized carbons (Fsp3) is 0.679. The number of aromatic nitrogens is 1. The molecule has 1 aromatic heterocycles. The third kappa shape index (κ3) is 31.1. The van der Waals surface area contributed by atoms with Gasteiger partial charge in [-0.2, -0.15) is 13.1 Å². The van der Waals surface area contributed by atoms with Crippen molar-refractivity contribution in [3.8, 4) is 11.5 Å². The molecule has 0 radical (unpaired) electrons. The third-order valence-electron chi connectivity index (χ3n) is 18.4. The number of esters is 4. The zero-order chi connectivity index (χ0) is 84.6. The Morgan fingerprint density at radius 2 is 1.06 bits per heavy atom. The Balaban J connectivity index is 0.989. The highest BCUT2D eigenvalue weighted by Crippen LogP contribution is 2.45. The van der Waals surface area contributed by atoms with Crippen LogP contribution in [0.2, 0.25) is 0 Å². The van der Waals surface area contributed by atoms with Crippen LogP contribution >= 0.6 is 0 Å². The van der Waals surface area contributed by atoms with E-state index >= 15 is 0 Å². The standard InChI is InChI=1S/C78H123N11O21S3/c1-51-42-58(43-52(2)69(51)112(101,102)84-60(73(97)110-77(15,16)17)45-81-63(91)26-21-20-25-57-29-28-56-24-22-32-89(71(56)82-57)113(103,104)70-54(4)53(3)68-59(55(70)5)44-78(18,19)109-68)105-41-23-27-62(90)79-30-31-80-72(96)61(50-111(98,99)100)83-64(92)46-85-33-35-86(47-65(93)106-74(6,7)8)37-39-88(49-67(95)108-76(12,13)14)40-38-87(36-34-85)48-66(94)107-75(9,10)11/h28-29,42-43,60-61,84H,20-27,30-41,44-50H2,1-19H3,(H,79,90)(H,80,96)(H,81,91)(H,83,92)(H,98,99,100)/t60-,61?/m1/s1. The largest absolute Gasteiger partial charge is 0.494 e. The molecule has 4 amide bonds. The van der Waals surface area contributed by atoms with Crippen LogP contribution in [-0.2, 0) is 107 Å². The number of aryl methyl sites for hydroxylation is 4. The van der Waals surface area contributed by atoms with Gasteiger partial charge in [0.1, 0.15) is 63.2 Å². The molecule has 0 spiro atoms. The number of sulfonamides is 2. The summed E-state index contributed by atoms with van der Waals surface area (Å²) in [4.78, 5) is 119. The van der Waals surface area contributed by atoms with E-state index in [1.165, 1.54) is 16.4 Å². The maximum Gasteiger partial charge on any atom is 0.326 e. The van der Waals surface area contributed by atoms with Crippen molar-refractivity contribution in [3.05, 3.63) is 68.9 Å². The number of anilines is 1. The van der Waals surface area contributed by atoms with E-state index in [4.69, 9.17) is 33.4 Å². The summed E-state index contributed by atoms with van der Waals surface area (Å²) < 4.78 is 131. The lowest BCUT2D eigenvalue weighted by atomic mass is 9.94. The SMILES string of the molecule is Cc1cc(OCCCC(=O)NCCNC(=O)C(CS(=O)(=O)O)NC(=O)CN2CCN(CC(=O)OC(C)(C)C)CCN(CC(=O)OC(C)(C)C)CCN(CC(=O)OC(C)(C)C)CC2)cc(C)c1S(=O)(=O)N[C@H](CNC(=O)CCCCc1ccc2c(n1)N(S(=O)(=O)c1c(C)c(C)c3c(c1C)CC(C)(C)O3)CCC2)C(=O)OC(C)(C)C. The summed E-state index contributed by atoms with van der Waals surface area (Å²) in [7, 11) is -13.4. The molecule has 35 heteroatoms. The second-order valence-corrected chi connectivity index (χ2v) is 38.9. The Morgan fingerprint density at radius 1 is 0.575 bits per heavy atom. The maximum atomic E-state index is 14.7. The van der Waals surface area contributed by atoms with E-state index in [-0.39, 0.29) is 131 Å². The molecule has 1 unspecified atom stereocenters. The Bertz CT molecular complexity index is 4190. The molecular formula is C78H123N11O21S3. The van der Waals surface area contributed by atoms with E-state index < -0.39 is 137 Å². The molecule has 6 rings (SSSR count). The molecule has 4 heterocycles. The summed E-state index contributed by atoms with van der Waals surface area (Å²) in [6.45, 7) is 33.7. The molecule has 0 saturated carbocycles. The van der Waals surface area contributed by atoms with Crippen LogP contribution in [0.3, 0.4) is 0 Å². The van der Waals surface area contributed by atoms with Gasteiger partial charge < -0.3 is 49.7 Å². The lowest BCUT2D eigenvalue weighted by molar-refractivity contribution is -0.158. The van der Waals surface area contributed by atoms with Gasteiger partial charge in [0, 0.05) is 109 Å². The highest BCUT2D eigenvalue weighted by Gasteiger charge is 2.41. The molecule has 1 fully saturated rings. The number of fused-ring (bicyclic) bond motifs is 2. The molecule has 1 saturated heterocycles. The van der Waals surface area contributed by atoms with E-state index in [0.717, 1.165) is 22.4 Å². The number of hydrogen-bond donors (Lipinski definition) is 6. The molecule has 634 valence electrons. The number of nitrogens with zero attached hydrogens (tertiary/aromatic N) is 6. The second-order valence-electron chi connectivity index (χ2n) is 33.9. The van der Waals surface area contributed by atoms with Gasteiger partial charge in [0.25, 0.3) is 20.1 Å². The van der Waals surface area contributed by atoms with Crippen LogP contribution in [0.1, 0.15) is 180 Å². The van der Waals surface area contributed by atoms with E-state index in [9.17, 15) is 68.2 Å². The Hall–Kier alpha value is -7.64. The lowest BCUT2D eigenvalue weighted by Crippen LogP contribution is -2.54. The molecule has 113 heavy (non-hydrogen) atoms. The summed E-state index contributed by atoms with van der Waals surface area (Å²) in [5.41, 5.74) is 1.18. The minimum atomic E-state index is -4.86. The minimum Gasteiger partial charge on any atom is -0.494 e. The lowest BCUT2D eigenvalue weighted by Gasteiger charge is -2.34. The van der Waals surface area contributed by atoms with Gasteiger partial charge in [0.05, 0.1) is 42.6 Å². The van der Waals surface area contributed by atoms with Gasteiger partial charge in [-0.05, 0) is 222 Å². The number of ether oxygens (including phenoxy) is 6. The Kier molecular flexibility index (Phi) is 33.2. The summed E-state index contributed by atoms with van der Waals surface area (Å²) >= 11 is 0. The zero-order valence-electron chi connectivity index (χ0n) is 69.6. The number of benzene rings is 2. The number of carbonyl (C=O) groups excluding carboxylic acids is 8. The highest BCUT2D eigenvalue weighted by molar-refractivity contribution is 7.93. The summed E-state index contributed by atoms with van der Waals surface area (Å²) in [6.07, 6.45) is 3.36. The van der Waals surface area contributed by atoms with Crippen LogP contribution in [0.4, 0.5) is 5.82 Å². The van der Waals surface area contributed by atoms with Crippen molar-refractivity contribution < 1.29 is 96.6 Å². The van der Waals surface area contributed by atoms with E-state index in [0.29, 0.717) is 74.3 Å². The third-order valence-corrected chi connectivity index (χ3v) is 23.0. The first-order valence-corrected chi connectivity index (χ1v) is 43.1. The number of hydrogen-bond acceptors (Lipinski definition) is 25. The average molecular weight is 1650 g/mol. The topological polar surface area (TPSA) is 404 Å².